The largest absolute Gasteiger partial charge is 0.391 e. The molecule has 94 valence electrons. The third kappa shape index (κ3) is 2.04. The normalized spacial score (nSPS) is 24.3. The molecule has 0 fully saturated rings. The molecule has 0 saturated heterocycles. The zero-order valence-corrected chi connectivity index (χ0v) is 11.1. The molecule has 1 aromatic heterocycles. The fraction of sp³-hybridized carbons (Fsp3) is 0.455. The maximum absolute atomic E-state index is 11.8. The predicted molar refractivity (Wildman–Crippen MR) is 72.0 cm³/mol. The molecular formula is C11H14BN3O2S. The van der Waals surface area contributed by atoms with E-state index in [4.69, 9.17) is 18.7 Å². The van der Waals surface area contributed by atoms with Crippen LogP contribution in [0.1, 0.15) is 23.1 Å². The van der Waals surface area contributed by atoms with E-state index in [1.165, 1.54) is 16.2 Å². The van der Waals surface area contributed by atoms with Crippen molar-refractivity contribution in [3.63, 3.8) is 0 Å². The summed E-state index contributed by atoms with van der Waals surface area (Å²) in [6.07, 6.45) is 0.245. The number of nitrogens with two attached hydrogens (primary N) is 1. The van der Waals surface area contributed by atoms with E-state index < -0.39 is 5.54 Å². The number of nitrogens with zero attached hydrogens (tertiary/aromatic N) is 2. The molecule has 1 atom stereocenters. The second-order valence-corrected chi connectivity index (χ2v) is 5.66. The van der Waals surface area contributed by atoms with Crippen molar-refractivity contribution < 1.29 is 9.90 Å². The maximum atomic E-state index is 11.8. The minimum absolute atomic E-state index is 0.0810. The number of hydrogen-bond acceptors (Lipinski definition) is 5. The van der Waals surface area contributed by atoms with Crippen LogP contribution in [0.15, 0.2) is 11.1 Å². The quantitative estimate of drug-likeness (QED) is 0.701. The number of carbonyl (C=O) groups excluding carboxylic acids is 1. The van der Waals surface area contributed by atoms with Crippen molar-refractivity contribution in [3.8, 4) is 0 Å². The summed E-state index contributed by atoms with van der Waals surface area (Å²) in [7, 11) is 7.39. The average Bonchev–Trinajstić information content (AvgIpc) is 2.68. The Balaban J connectivity index is 2.45. The average molecular weight is 263 g/mol. The monoisotopic (exact) mass is 263 g/mol. The number of thiophene rings is 1. The van der Waals surface area contributed by atoms with Crippen LogP contribution in [0.4, 0.5) is 0 Å². The molecule has 18 heavy (non-hydrogen) atoms. The highest BCUT2D eigenvalue weighted by molar-refractivity contribution is 7.13. The van der Waals surface area contributed by atoms with Gasteiger partial charge in [-0.2, -0.15) is 0 Å². The number of aliphatic imine (C=N–C) groups is 1. The van der Waals surface area contributed by atoms with E-state index >= 15 is 0 Å². The molecule has 7 heteroatoms. The van der Waals surface area contributed by atoms with Crippen molar-refractivity contribution >= 4 is 36.5 Å². The lowest BCUT2D eigenvalue weighted by Crippen LogP contribution is -2.47. The summed E-state index contributed by atoms with van der Waals surface area (Å²) in [5, 5.41) is 9.15. The lowest BCUT2D eigenvalue weighted by Gasteiger charge is -2.32. The van der Waals surface area contributed by atoms with Crippen LogP contribution in [-0.2, 0) is 16.9 Å². The lowest BCUT2D eigenvalue weighted by molar-refractivity contribution is -0.128. The molecule has 1 aromatic rings. The Hall–Kier alpha value is -1.34. The minimum atomic E-state index is -0.695. The van der Waals surface area contributed by atoms with Gasteiger partial charge in [-0.05, 0) is 6.92 Å². The Bertz CT molecular complexity index is 528. The second-order valence-electron chi connectivity index (χ2n) is 4.52. The van der Waals surface area contributed by atoms with Gasteiger partial charge in [-0.15, -0.1) is 11.3 Å². The van der Waals surface area contributed by atoms with Gasteiger partial charge in [0.05, 0.1) is 13.0 Å². The molecule has 0 unspecified atom stereocenters. The number of hydrogen-bond donors (Lipinski definition) is 2. The summed E-state index contributed by atoms with van der Waals surface area (Å²) in [6.45, 7) is 1.73. The molecule has 0 aliphatic carbocycles. The molecular weight excluding hydrogens is 249 g/mol. The minimum Gasteiger partial charge on any atom is -0.391 e. The van der Waals surface area contributed by atoms with Crippen LogP contribution in [0.2, 0.25) is 0 Å². The van der Waals surface area contributed by atoms with E-state index in [2.05, 4.69) is 4.99 Å². The van der Waals surface area contributed by atoms with Crippen LogP contribution in [0.5, 0.6) is 0 Å². The molecule has 3 N–H and O–H groups in total. The maximum Gasteiger partial charge on any atom is 0.231 e. The van der Waals surface area contributed by atoms with Gasteiger partial charge < -0.3 is 10.8 Å². The fourth-order valence-corrected chi connectivity index (χ4v) is 2.91. The summed E-state index contributed by atoms with van der Waals surface area (Å²) in [4.78, 5) is 19.1. The van der Waals surface area contributed by atoms with E-state index in [1.54, 1.807) is 13.1 Å². The van der Waals surface area contributed by atoms with Crippen molar-refractivity contribution in [2.24, 2.45) is 10.7 Å². The van der Waals surface area contributed by atoms with Crippen LogP contribution in [0.25, 0.3) is 0 Å². The summed E-state index contributed by atoms with van der Waals surface area (Å²) < 4.78 is 0. The first kappa shape index (κ1) is 13.1. The summed E-state index contributed by atoms with van der Waals surface area (Å²) in [5.41, 5.74) is 5.57. The topological polar surface area (TPSA) is 78.9 Å². The molecule has 2 heterocycles. The van der Waals surface area contributed by atoms with Crippen LogP contribution in [0.3, 0.4) is 0 Å². The zero-order chi connectivity index (χ0) is 13.5. The Labute approximate surface area is 111 Å². The number of amides is 1. The highest BCUT2D eigenvalue weighted by Crippen LogP contribution is 2.36. The van der Waals surface area contributed by atoms with Gasteiger partial charge in [-0.1, -0.05) is 11.5 Å². The third-order valence-electron chi connectivity index (χ3n) is 3.09. The van der Waals surface area contributed by atoms with Crippen molar-refractivity contribution in [3.05, 3.63) is 15.8 Å². The Morgan fingerprint density at radius 2 is 2.39 bits per heavy atom. The highest BCUT2D eigenvalue weighted by Gasteiger charge is 2.37. The molecule has 2 rings (SSSR count). The number of guanidine groups is 1. The second kappa shape index (κ2) is 4.40. The van der Waals surface area contributed by atoms with Crippen molar-refractivity contribution in [1.82, 2.24) is 4.90 Å². The molecule has 0 aromatic carbocycles. The van der Waals surface area contributed by atoms with E-state index in [1.807, 2.05) is 6.92 Å². The van der Waals surface area contributed by atoms with Gasteiger partial charge in [0.2, 0.25) is 5.91 Å². The molecule has 2 radical (unpaired) electrons. The standard InChI is InChI=1S/C11H14BN3O2S/c1-11(4-9(17)15(2)10(13)14-11)8-3-6(12)7(5-16)18-8/h3,16H,4-5H2,1-2H3,(H2,13,14)/t11-/m0/s1. The fourth-order valence-electron chi connectivity index (χ4n) is 1.88. The number of rotatable bonds is 2. The molecule has 1 aliphatic rings. The van der Waals surface area contributed by atoms with E-state index in [-0.39, 0.29) is 24.9 Å². The summed E-state index contributed by atoms with van der Waals surface area (Å²) >= 11 is 1.36. The number of aliphatic hydroxyl groups excluding tert-OH is 1. The SMILES string of the molecule is [B]c1cc([C@]2(C)CC(=O)N(C)C(N)=N2)sc1CO. The number of aliphatic hydroxyl groups is 1. The summed E-state index contributed by atoms with van der Waals surface area (Å²) in [5.74, 6) is 0.119. The van der Waals surface area contributed by atoms with Crippen molar-refractivity contribution in [1.29, 1.82) is 0 Å². The smallest absolute Gasteiger partial charge is 0.231 e. The van der Waals surface area contributed by atoms with Crippen LogP contribution < -0.4 is 11.2 Å². The molecule has 0 spiro atoms. The van der Waals surface area contributed by atoms with E-state index in [9.17, 15) is 4.79 Å². The number of carbonyl (C=O) groups is 1. The molecule has 1 aliphatic heterocycles. The highest BCUT2D eigenvalue weighted by atomic mass is 32.1. The zero-order valence-electron chi connectivity index (χ0n) is 10.3. The Morgan fingerprint density at radius 3 is 2.89 bits per heavy atom. The van der Waals surface area contributed by atoms with Crippen LogP contribution in [-0.4, -0.2) is 36.8 Å². The molecule has 1 amide bonds. The van der Waals surface area contributed by atoms with Gasteiger partial charge in [0, 0.05) is 16.8 Å². The predicted octanol–water partition coefficient (Wildman–Crippen LogP) is -0.574. The first-order valence-corrected chi connectivity index (χ1v) is 6.30. The molecule has 0 bridgehead atoms. The van der Waals surface area contributed by atoms with Gasteiger partial charge in [0.25, 0.3) is 0 Å². The Morgan fingerprint density at radius 1 is 1.72 bits per heavy atom. The van der Waals surface area contributed by atoms with Gasteiger partial charge in [0.1, 0.15) is 13.4 Å². The first-order chi connectivity index (χ1) is 8.37. The third-order valence-corrected chi connectivity index (χ3v) is 4.48. The van der Waals surface area contributed by atoms with Gasteiger partial charge >= 0.3 is 0 Å². The lowest BCUT2D eigenvalue weighted by atomic mass is 9.90. The summed E-state index contributed by atoms with van der Waals surface area (Å²) in [6, 6.07) is 1.76. The van der Waals surface area contributed by atoms with E-state index in [0.29, 0.717) is 10.3 Å². The van der Waals surface area contributed by atoms with Gasteiger partial charge in [-0.3, -0.25) is 9.69 Å². The Kier molecular flexibility index (Phi) is 3.20. The molecule has 0 saturated carbocycles. The van der Waals surface area contributed by atoms with Crippen LogP contribution in [0, 0.1) is 0 Å². The first-order valence-electron chi connectivity index (χ1n) is 5.49. The van der Waals surface area contributed by atoms with E-state index in [0.717, 1.165) is 4.88 Å². The van der Waals surface area contributed by atoms with Crippen molar-refractivity contribution in [2.75, 3.05) is 7.05 Å². The molecule has 5 nitrogen and oxygen atoms in total. The van der Waals surface area contributed by atoms with Gasteiger partial charge in [-0.25, -0.2) is 4.99 Å². The van der Waals surface area contributed by atoms with Gasteiger partial charge in [0.15, 0.2) is 5.96 Å². The van der Waals surface area contributed by atoms with Crippen molar-refractivity contribution in [2.45, 2.75) is 25.5 Å². The van der Waals surface area contributed by atoms with Crippen LogP contribution >= 0.6 is 11.3 Å².